The molecule has 2 rings (SSSR count). The van der Waals surface area contributed by atoms with E-state index in [9.17, 15) is 9.59 Å². The average Bonchev–Trinajstić information content (AvgIpc) is 2.96. The second-order valence-corrected chi connectivity index (χ2v) is 5.35. The molecule has 1 aliphatic rings. The van der Waals surface area contributed by atoms with Crippen LogP contribution in [-0.2, 0) is 4.79 Å². The molecule has 0 saturated carbocycles. The van der Waals surface area contributed by atoms with Crippen molar-refractivity contribution in [1.29, 1.82) is 0 Å². The molecule has 1 aromatic rings. The molecule has 0 aliphatic carbocycles. The molecule has 21 heavy (non-hydrogen) atoms. The number of rotatable bonds is 4. The first kappa shape index (κ1) is 15.3. The summed E-state index contributed by atoms with van der Waals surface area (Å²) in [6.45, 7) is 3.28. The van der Waals surface area contributed by atoms with Crippen molar-refractivity contribution in [3.8, 4) is 0 Å². The molecule has 6 nitrogen and oxygen atoms in total. The largest absolute Gasteiger partial charge is 0.352 e. The van der Waals surface area contributed by atoms with Crippen molar-refractivity contribution >= 4 is 17.6 Å². The van der Waals surface area contributed by atoms with Gasteiger partial charge in [0.25, 0.3) is 5.91 Å². The third kappa shape index (κ3) is 3.32. The second-order valence-electron chi connectivity index (χ2n) is 5.35. The van der Waals surface area contributed by atoms with Crippen molar-refractivity contribution in [2.45, 2.75) is 25.8 Å². The van der Waals surface area contributed by atoms with Gasteiger partial charge in [0, 0.05) is 33.4 Å². The second kappa shape index (κ2) is 6.56. The lowest BCUT2D eigenvalue weighted by atomic mass is 10.2. The number of aromatic nitrogens is 1. The minimum Gasteiger partial charge on any atom is -0.352 e. The van der Waals surface area contributed by atoms with E-state index < -0.39 is 0 Å². The Bertz CT molecular complexity index is 513. The predicted molar refractivity (Wildman–Crippen MR) is 81.3 cm³/mol. The molecule has 114 valence electrons. The minimum atomic E-state index is -0.150. The summed E-state index contributed by atoms with van der Waals surface area (Å²) in [5.74, 6) is 0.724. The number of nitrogens with zero attached hydrogens (tertiary/aromatic N) is 3. The van der Waals surface area contributed by atoms with Crippen LogP contribution >= 0.6 is 0 Å². The van der Waals surface area contributed by atoms with E-state index in [0.717, 1.165) is 25.2 Å². The number of carbonyl (C=O) groups is 2. The van der Waals surface area contributed by atoms with Crippen LogP contribution in [0.25, 0.3) is 0 Å². The van der Waals surface area contributed by atoms with Crippen LogP contribution in [0.4, 0.5) is 5.82 Å². The van der Waals surface area contributed by atoms with Crippen LogP contribution < -0.4 is 10.2 Å². The van der Waals surface area contributed by atoms with Gasteiger partial charge in [0.05, 0.1) is 5.56 Å². The fourth-order valence-corrected chi connectivity index (χ4v) is 2.55. The highest BCUT2D eigenvalue weighted by Crippen LogP contribution is 2.24. The van der Waals surface area contributed by atoms with Crippen LogP contribution in [0.3, 0.4) is 0 Å². The van der Waals surface area contributed by atoms with Gasteiger partial charge >= 0.3 is 0 Å². The zero-order valence-electron chi connectivity index (χ0n) is 12.8. The zero-order valence-corrected chi connectivity index (χ0v) is 12.8. The van der Waals surface area contributed by atoms with Crippen molar-refractivity contribution in [2.75, 3.05) is 32.1 Å². The highest BCUT2D eigenvalue weighted by atomic mass is 16.2. The van der Waals surface area contributed by atoms with Crippen LogP contribution in [-0.4, -0.2) is 54.9 Å². The van der Waals surface area contributed by atoms with Gasteiger partial charge in [-0.3, -0.25) is 9.59 Å². The van der Waals surface area contributed by atoms with Crippen LogP contribution in [0.5, 0.6) is 0 Å². The molecule has 0 radical (unpaired) electrons. The Kier molecular flexibility index (Phi) is 4.77. The maximum Gasteiger partial charge on any atom is 0.252 e. The summed E-state index contributed by atoms with van der Waals surface area (Å²) in [4.78, 5) is 31.9. The first-order valence-electron chi connectivity index (χ1n) is 7.26. The predicted octanol–water partition coefficient (Wildman–Crippen LogP) is 0.888. The van der Waals surface area contributed by atoms with Crippen molar-refractivity contribution in [1.82, 2.24) is 15.2 Å². The van der Waals surface area contributed by atoms with E-state index in [-0.39, 0.29) is 17.9 Å². The smallest absolute Gasteiger partial charge is 0.252 e. The molecule has 1 N–H and O–H groups in total. The van der Waals surface area contributed by atoms with Gasteiger partial charge in [-0.1, -0.05) is 0 Å². The zero-order chi connectivity index (χ0) is 15.4. The molecule has 0 spiro atoms. The molecule has 0 bridgehead atoms. The van der Waals surface area contributed by atoms with Crippen molar-refractivity contribution in [3.05, 3.63) is 23.9 Å². The van der Waals surface area contributed by atoms with Gasteiger partial charge in [-0.05, 0) is 31.9 Å². The summed E-state index contributed by atoms with van der Waals surface area (Å²) in [5, 5.41) is 2.74. The first-order valence-corrected chi connectivity index (χ1v) is 7.26. The van der Waals surface area contributed by atoms with E-state index >= 15 is 0 Å². The minimum absolute atomic E-state index is 0.0992. The van der Waals surface area contributed by atoms with Crippen LogP contribution in [0.15, 0.2) is 18.3 Å². The molecule has 0 aromatic carbocycles. The molecule has 1 fully saturated rings. The number of carbonyl (C=O) groups excluding carboxylic acids is 2. The monoisotopic (exact) mass is 290 g/mol. The van der Waals surface area contributed by atoms with Crippen LogP contribution in [0, 0.1) is 0 Å². The molecule has 6 heteroatoms. The lowest BCUT2D eigenvalue weighted by Crippen LogP contribution is -2.43. The Labute approximate surface area is 125 Å². The number of hydrogen-bond acceptors (Lipinski definition) is 4. The normalized spacial score (nSPS) is 17.7. The van der Waals surface area contributed by atoms with E-state index in [2.05, 4.69) is 10.3 Å². The molecule has 1 atom stereocenters. The average molecular weight is 290 g/mol. The molecular formula is C15H22N4O2. The highest BCUT2D eigenvalue weighted by molar-refractivity contribution is 5.94. The summed E-state index contributed by atoms with van der Waals surface area (Å²) in [6.07, 6.45) is 3.39. The molecule has 1 aromatic heterocycles. The van der Waals surface area contributed by atoms with E-state index in [1.807, 2.05) is 17.9 Å². The van der Waals surface area contributed by atoms with Gasteiger partial charge in [0.1, 0.15) is 11.9 Å². The lowest BCUT2D eigenvalue weighted by molar-refractivity contribution is -0.129. The fourth-order valence-electron chi connectivity index (χ4n) is 2.55. The van der Waals surface area contributed by atoms with E-state index in [4.69, 9.17) is 0 Å². The first-order chi connectivity index (χ1) is 10.0. The number of pyridine rings is 1. The number of hydrogen-bond donors (Lipinski definition) is 1. The Hall–Kier alpha value is -2.11. The fraction of sp³-hybridized carbons (Fsp3) is 0.533. The van der Waals surface area contributed by atoms with Crippen molar-refractivity contribution < 1.29 is 9.59 Å². The Morgan fingerprint density at radius 2 is 2.19 bits per heavy atom. The van der Waals surface area contributed by atoms with Gasteiger partial charge in [-0.15, -0.1) is 0 Å². The number of likely N-dealkylation sites (N-methyl/N-ethyl adjacent to an activating group) is 1. The van der Waals surface area contributed by atoms with E-state index in [1.54, 1.807) is 31.3 Å². The van der Waals surface area contributed by atoms with Gasteiger partial charge in [-0.25, -0.2) is 4.98 Å². The maximum absolute atomic E-state index is 12.2. The van der Waals surface area contributed by atoms with Crippen LogP contribution in [0.2, 0.25) is 0 Å². The molecular weight excluding hydrogens is 268 g/mol. The van der Waals surface area contributed by atoms with E-state index in [0.29, 0.717) is 12.1 Å². The molecule has 1 unspecified atom stereocenters. The van der Waals surface area contributed by atoms with Gasteiger partial charge in [0.2, 0.25) is 5.91 Å². The van der Waals surface area contributed by atoms with Crippen molar-refractivity contribution in [2.24, 2.45) is 0 Å². The Morgan fingerprint density at radius 1 is 1.43 bits per heavy atom. The third-order valence-corrected chi connectivity index (χ3v) is 3.62. The van der Waals surface area contributed by atoms with Gasteiger partial charge in [0.15, 0.2) is 0 Å². The van der Waals surface area contributed by atoms with Gasteiger partial charge < -0.3 is 15.1 Å². The topological polar surface area (TPSA) is 65.5 Å². The Balaban J connectivity index is 2.14. The maximum atomic E-state index is 12.2. The third-order valence-electron chi connectivity index (χ3n) is 3.62. The summed E-state index contributed by atoms with van der Waals surface area (Å²) in [6, 6.07) is 3.41. The van der Waals surface area contributed by atoms with Crippen molar-refractivity contribution in [3.63, 3.8) is 0 Å². The van der Waals surface area contributed by atoms with E-state index in [1.165, 1.54) is 0 Å². The standard InChI is InChI=1S/C15H22N4O2/c1-4-16-14(20)11-7-8-13(17-10-11)19-9-5-6-12(19)15(21)18(2)3/h7-8,10,12H,4-6,9H2,1-3H3,(H,16,20). The Morgan fingerprint density at radius 3 is 2.76 bits per heavy atom. The highest BCUT2D eigenvalue weighted by Gasteiger charge is 2.32. The molecule has 2 amide bonds. The summed E-state index contributed by atoms with van der Waals surface area (Å²) in [7, 11) is 3.54. The van der Waals surface area contributed by atoms with Crippen LogP contribution in [0.1, 0.15) is 30.1 Å². The number of anilines is 1. The summed E-state index contributed by atoms with van der Waals surface area (Å²) >= 11 is 0. The molecule has 2 heterocycles. The quantitative estimate of drug-likeness (QED) is 0.894. The summed E-state index contributed by atoms with van der Waals surface area (Å²) in [5.41, 5.74) is 0.537. The molecule has 1 aliphatic heterocycles. The summed E-state index contributed by atoms with van der Waals surface area (Å²) < 4.78 is 0. The SMILES string of the molecule is CCNC(=O)c1ccc(N2CCCC2C(=O)N(C)C)nc1. The van der Waals surface area contributed by atoms with Gasteiger partial charge in [-0.2, -0.15) is 0 Å². The number of nitrogens with one attached hydrogen (secondary N) is 1. The molecule has 1 saturated heterocycles. The number of amides is 2. The lowest BCUT2D eigenvalue weighted by Gasteiger charge is -2.27.